The van der Waals surface area contributed by atoms with E-state index in [-0.39, 0.29) is 5.91 Å². The number of methoxy groups -OCH3 is 1. The van der Waals surface area contributed by atoms with Gasteiger partial charge in [-0.15, -0.1) is 0 Å². The van der Waals surface area contributed by atoms with Crippen LogP contribution in [0.4, 0.5) is 0 Å². The molecule has 6 heteroatoms. The highest BCUT2D eigenvalue weighted by Crippen LogP contribution is 2.19. The Labute approximate surface area is 138 Å². The second-order valence-corrected chi connectivity index (χ2v) is 5.00. The van der Waals surface area contributed by atoms with Gasteiger partial charge in [-0.1, -0.05) is 18.2 Å². The average Bonchev–Trinajstić information content (AvgIpc) is 2.64. The second-order valence-electron chi connectivity index (χ2n) is 5.00. The summed E-state index contributed by atoms with van der Waals surface area (Å²) in [5.74, 6) is 0.346. The van der Waals surface area contributed by atoms with E-state index >= 15 is 0 Å². The van der Waals surface area contributed by atoms with Crippen LogP contribution in [0.5, 0.6) is 5.75 Å². The minimum Gasteiger partial charge on any atom is -0.497 e. The molecule has 0 bridgehead atoms. The largest absolute Gasteiger partial charge is 0.497 e. The highest BCUT2D eigenvalue weighted by atomic mass is 16.5. The van der Waals surface area contributed by atoms with Crippen molar-refractivity contribution >= 4 is 5.91 Å². The normalized spacial score (nSPS) is 10.2. The predicted molar refractivity (Wildman–Crippen MR) is 90.6 cm³/mol. The van der Waals surface area contributed by atoms with Crippen LogP contribution in [0.25, 0.3) is 11.3 Å². The van der Waals surface area contributed by atoms with E-state index in [1.165, 1.54) is 6.20 Å². The fourth-order valence-corrected chi connectivity index (χ4v) is 2.17. The fraction of sp³-hybridized carbons (Fsp3) is 0.0556. The van der Waals surface area contributed by atoms with Crippen LogP contribution in [-0.2, 0) is 0 Å². The maximum Gasteiger partial charge on any atom is 0.367 e. The van der Waals surface area contributed by atoms with Gasteiger partial charge in [0.15, 0.2) is 0 Å². The number of amides is 1. The monoisotopic (exact) mass is 321 g/mol. The van der Waals surface area contributed by atoms with Crippen molar-refractivity contribution in [1.82, 2.24) is 9.66 Å². The fourth-order valence-electron chi connectivity index (χ4n) is 2.17. The van der Waals surface area contributed by atoms with Crippen LogP contribution >= 0.6 is 0 Å². The first-order chi connectivity index (χ1) is 11.7. The molecule has 6 nitrogen and oxygen atoms in total. The van der Waals surface area contributed by atoms with Gasteiger partial charge in [0.2, 0.25) is 0 Å². The zero-order valence-electron chi connectivity index (χ0n) is 13.0. The van der Waals surface area contributed by atoms with E-state index in [1.54, 1.807) is 49.6 Å². The summed E-state index contributed by atoms with van der Waals surface area (Å²) in [5.41, 5.74) is 3.71. The Morgan fingerprint density at radius 1 is 1.04 bits per heavy atom. The van der Waals surface area contributed by atoms with Gasteiger partial charge in [-0.05, 0) is 42.5 Å². The van der Waals surface area contributed by atoms with E-state index in [1.807, 2.05) is 18.2 Å². The summed E-state index contributed by atoms with van der Waals surface area (Å²) in [5, 5.41) is 0. The molecule has 2 aromatic carbocycles. The van der Waals surface area contributed by atoms with E-state index < -0.39 is 5.69 Å². The number of hydrogen-bond donors (Lipinski definition) is 1. The molecule has 0 aliphatic carbocycles. The topological polar surface area (TPSA) is 73.2 Å². The third kappa shape index (κ3) is 3.33. The molecule has 1 heterocycles. The molecule has 0 radical (unpaired) electrons. The first-order valence-electron chi connectivity index (χ1n) is 7.28. The van der Waals surface area contributed by atoms with E-state index in [0.717, 1.165) is 16.0 Å². The standard InChI is InChI=1S/C18H15N3O3/c1-24-15-9-7-13(8-10-15)16-11-12-21(18(23)19-16)20-17(22)14-5-3-2-4-6-14/h2-12H,1H3,(H,20,22). The van der Waals surface area contributed by atoms with Crippen molar-refractivity contribution in [3.8, 4) is 17.0 Å². The molecule has 0 aliphatic heterocycles. The molecule has 24 heavy (non-hydrogen) atoms. The maximum absolute atomic E-state index is 12.1. The number of nitrogens with zero attached hydrogens (tertiary/aromatic N) is 2. The maximum atomic E-state index is 12.1. The molecule has 0 saturated carbocycles. The van der Waals surface area contributed by atoms with Crippen molar-refractivity contribution in [3.63, 3.8) is 0 Å². The molecule has 1 amide bonds. The number of carbonyl (C=O) groups excluding carboxylic acids is 1. The van der Waals surface area contributed by atoms with E-state index in [9.17, 15) is 9.59 Å². The van der Waals surface area contributed by atoms with Crippen molar-refractivity contribution in [2.75, 3.05) is 12.5 Å². The molecule has 1 N–H and O–H groups in total. The summed E-state index contributed by atoms with van der Waals surface area (Å²) in [6, 6.07) is 17.5. The minimum atomic E-state index is -0.562. The van der Waals surface area contributed by atoms with Gasteiger partial charge in [-0.3, -0.25) is 10.2 Å². The number of nitrogens with one attached hydrogen (secondary N) is 1. The van der Waals surface area contributed by atoms with Crippen molar-refractivity contribution in [2.24, 2.45) is 0 Å². The summed E-state index contributed by atoms with van der Waals surface area (Å²) in [7, 11) is 1.59. The number of carbonyl (C=O) groups is 1. The average molecular weight is 321 g/mol. The predicted octanol–water partition coefficient (Wildman–Crippen LogP) is 2.30. The Bertz CT molecular complexity index is 903. The third-order valence-corrected chi connectivity index (χ3v) is 3.45. The summed E-state index contributed by atoms with van der Waals surface area (Å²) < 4.78 is 6.16. The highest BCUT2D eigenvalue weighted by Gasteiger charge is 2.08. The number of rotatable bonds is 4. The number of ether oxygens (including phenoxy) is 1. The molecule has 0 saturated heterocycles. The Morgan fingerprint density at radius 2 is 1.75 bits per heavy atom. The smallest absolute Gasteiger partial charge is 0.367 e. The first-order valence-corrected chi connectivity index (χ1v) is 7.28. The Balaban J connectivity index is 1.82. The van der Waals surface area contributed by atoms with Gasteiger partial charge in [0, 0.05) is 17.3 Å². The summed E-state index contributed by atoms with van der Waals surface area (Å²) in [4.78, 5) is 28.2. The Morgan fingerprint density at radius 3 is 2.38 bits per heavy atom. The van der Waals surface area contributed by atoms with Crippen molar-refractivity contribution < 1.29 is 9.53 Å². The molecule has 120 valence electrons. The van der Waals surface area contributed by atoms with Crippen LogP contribution in [0.1, 0.15) is 10.4 Å². The van der Waals surface area contributed by atoms with Gasteiger partial charge < -0.3 is 4.74 Å². The Kier molecular flexibility index (Phi) is 4.38. The summed E-state index contributed by atoms with van der Waals surface area (Å²) in [6.07, 6.45) is 1.48. The van der Waals surface area contributed by atoms with E-state index in [4.69, 9.17) is 4.74 Å². The number of hydrogen-bond acceptors (Lipinski definition) is 4. The van der Waals surface area contributed by atoms with Crippen molar-refractivity contribution in [2.45, 2.75) is 0 Å². The lowest BCUT2D eigenvalue weighted by Gasteiger charge is -2.08. The Hall–Kier alpha value is -3.41. The minimum absolute atomic E-state index is 0.378. The third-order valence-electron chi connectivity index (χ3n) is 3.45. The zero-order chi connectivity index (χ0) is 16.9. The summed E-state index contributed by atoms with van der Waals surface area (Å²) in [6.45, 7) is 0. The second kappa shape index (κ2) is 6.78. The zero-order valence-corrected chi connectivity index (χ0v) is 13.0. The van der Waals surface area contributed by atoms with Gasteiger partial charge in [0.25, 0.3) is 5.91 Å². The van der Waals surface area contributed by atoms with Crippen molar-refractivity contribution in [1.29, 1.82) is 0 Å². The van der Waals surface area contributed by atoms with Crippen LogP contribution in [0.3, 0.4) is 0 Å². The lowest BCUT2D eigenvalue weighted by molar-refractivity contribution is 0.101. The van der Waals surface area contributed by atoms with Crippen LogP contribution in [0.15, 0.2) is 71.7 Å². The lowest BCUT2D eigenvalue weighted by atomic mass is 10.1. The first kappa shape index (κ1) is 15.5. The van der Waals surface area contributed by atoms with Gasteiger partial charge in [-0.2, -0.15) is 4.98 Å². The molecule has 0 atom stereocenters. The van der Waals surface area contributed by atoms with Crippen LogP contribution in [-0.4, -0.2) is 22.7 Å². The highest BCUT2D eigenvalue weighted by molar-refractivity contribution is 5.99. The van der Waals surface area contributed by atoms with Gasteiger partial charge >= 0.3 is 5.69 Å². The summed E-state index contributed by atoms with van der Waals surface area (Å²) >= 11 is 0. The van der Waals surface area contributed by atoms with Gasteiger partial charge in [0.05, 0.1) is 12.8 Å². The van der Waals surface area contributed by atoms with Crippen LogP contribution < -0.4 is 15.9 Å². The molecule has 0 spiro atoms. The number of benzene rings is 2. The quantitative estimate of drug-likeness (QED) is 0.800. The molecule has 1 aromatic heterocycles. The molecule has 0 aliphatic rings. The SMILES string of the molecule is COc1ccc(-c2ccn(NC(=O)c3ccccc3)c(=O)n2)cc1. The molecule has 0 unspecified atom stereocenters. The van der Waals surface area contributed by atoms with Crippen molar-refractivity contribution in [3.05, 3.63) is 82.9 Å². The van der Waals surface area contributed by atoms with E-state index in [2.05, 4.69) is 10.4 Å². The molecular formula is C18H15N3O3. The van der Waals surface area contributed by atoms with Gasteiger partial charge in [-0.25, -0.2) is 9.47 Å². The van der Waals surface area contributed by atoms with Gasteiger partial charge in [0.1, 0.15) is 5.75 Å². The molecule has 3 rings (SSSR count). The van der Waals surface area contributed by atoms with Crippen LogP contribution in [0.2, 0.25) is 0 Å². The number of aromatic nitrogens is 2. The van der Waals surface area contributed by atoms with Crippen LogP contribution in [0, 0.1) is 0 Å². The molecule has 3 aromatic rings. The molecule has 0 fully saturated rings. The lowest BCUT2D eigenvalue weighted by Crippen LogP contribution is -2.34. The van der Waals surface area contributed by atoms with E-state index in [0.29, 0.717) is 11.3 Å². The molecular weight excluding hydrogens is 306 g/mol.